The molecule has 0 fully saturated rings. The fourth-order valence-corrected chi connectivity index (χ4v) is 2.06. The number of rotatable bonds is 10. The molecule has 1 aromatic heterocycles. The van der Waals surface area contributed by atoms with Crippen LogP contribution in [0.15, 0.2) is 0 Å². The van der Waals surface area contributed by atoms with E-state index in [1.165, 1.54) is 25.7 Å². The van der Waals surface area contributed by atoms with Gasteiger partial charge in [-0.15, -0.1) is 0 Å². The summed E-state index contributed by atoms with van der Waals surface area (Å²) in [6.45, 7) is 9.68. The fraction of sp³-hybridized carbons (Fsp3) is 0.857. The fourth-order valence-electron chi connectivity index (χ4n) is 2.06. The Kier molecular flexibility index (Phi) is 7.65. The Morgan fingerprint density at radius 3 is 2.44 bits per heavy atom. The highest BCUT2D eigenvalue weighted by atomic mass is 15.3. The van der Waals surface area contributed by atoms with E-state index in [1.54, 1.807) is 0 Å². The van der Waals surface area contributed by atoms with Crippen LogP contribution in [0.2, 0.25) is 0 Å². The lowest BCUT2D eigenvalue weighted by Crippen LogP contribution is -2.13. The molecular formula is C14H28N4. The van der Waals surface area contributed by atoms with Crippen molar-refractivity contribution < 1.29 is 0 Å². The van der Waals surface area contributed by atoms with Gasteiger partial charge in [0.1, 0.15) is 5.82 Å². The molecule has 0 radical (unpaired) electrons. The van der Waals surface area contributed by atoms with Crippen molar-refractivity contribution in [2.45, 2.75) is 65.8 Å². The predicted octanol–water partition coefficient (Wildman–Crippen LogP) is 2.57. The minimum absolute atomic E-state index is 0.933. The lowest BCUT2D eigenvalue weighted by atomic mass is 10.2. The number of hydrogen-bond donors (Lipinski definition) is 1. The summed E-state index contributed by atoms with van der Waals surface area (Å²) in [5.74, 6) is 2.12. The Bertz CT molecular complexity index is 320. The monoisotopic (exact) mass is 252 g/mol. The van der Waals surface area contributed by atoms with Gasteiger partial charge in [0.15, 0.2) is 5.82 Å². The minimum atomic E-state index is 0.933. The lowest BCUT2D eigenvalue weighted by Gasteiger charge is -2.04. The quantitative estimate of drug-likeness (QED) is 0.651. The van der Waals surface area contributed by atoms with Crippen LogP contribution in [-0.2, 0) is 19.4 Å². The molecule has 0 amide bonds. The van der Waals surface area contributed by atoms with E-state index in [-0.39, 0.29) is 0 Å². The van der Waals surface area contributed by atoms with E-state index in [9.17, 15) is 0 Å². The zero-order chi connectivity index (χ0) is 13.2. The first-order valence-electron chi connectivity index (χ1n) is 7.45. The van der Waals surface area contributed by atoms with Crippen LogP contribution < -0.4 is 5.32 Å². The normalized spacial score (nSPS) is 11.1. The summed E-state index contributed by atoms with van der Waals surface area (Å²) in [5, 5.41) is 7.90. The number of unbranched alkanes of at least 4 members (excludes halogenated alkanes) is 3. The summed E-state index contributed by atoms with van der Waals surface area (Å²) in [6.07, 6.45) is 7.01. The van der Waals surface area contributed by atoms with Crippen LogP contribution in [0, 0.1) is 0 Å². The molecule has 0 atom stereocenters. The van der Waals surface area contributed by atoms with Gasteiger partial charge in [0.2, 0.25) is 0 Å². The van der Waals surface area contributed by atoms with Gasteiger partial charge in [0.05, 0.1) is 0 Å². The van der Waals surface area contributed by atoms with Crippen LogP contribution >= 0.6 is 0 Å². The Morgan fingerprint density at radius 1 is 1.00 bits per heavy atom. The van der Waals surface area contributed by atoms with Gasteiger partial charge in [-0.25, -0.2) is 9.67 Å². The molecule has 1 aromatic rings. The average Bonchev–Trinajstić information content (AvgIpc) is 2.80. The molecule has 1 heterocycles. The molecule has 1 N–H and O–H groups in total. The molecule has 0 bridgehead atoms. The van der Waals surface area contributed by atoms with Crippen molar-refractivity contribution in [1.82, 2.24) is 20.1 Å². The van der Waals surface area contributed by atoms with E-state index >= 15 is 0 Å². The largest absolute Gasteiger partial charge is 0.317 e. The molecule has 0 spiro atoms. The molecule has 0 aliphatic heterocycles. The first-order valence-corrected chi connectivity index (χ1v) is 7.45. The third-order valence-electron chi connectivity index (χ3n) is 3.15. The molecule has 18 heavy (non-hydrogen) atoms. The maximum absolute atomic E-state index is 4.54. The Labute approximate surface area is 111 Å². The SMILES string of the molecule is CCNCCCCCCn1nc(CC)nc1CC. The third kappa shape index (κ3) is 5.17. The topological polar surface area (TPSA) is 42.7 Å². The van der Waals surface area contributed by atoms with Gasteiger partial charge < -0.3 is 5.32 Å². The van der Waals surface area contributed by atoms with Crippen molar-refractivity contribution in [2.24, 2.45) is 0 Å². The van der Waals surface area contributed by atoms with Crippen LogP contribution in [0.1, 0.15) is 58.1 Å². The van der Waals surface area contributed by atoms with E-state index in [1.807, 2.05) is 0 Å². The van der Waals surface area contributed by atoms with Crippen LogP contribution in [0.5, 0.6) is 0 Å². The van der Waals surface area contributed by atoms with E-state index in [0.717, 1.165) is 44.1 Å². The van der Waals surface area contributed by atoms with E-state index < -0.39 is 0 Å². The Morgan fingerprint density at radius 2 is 1.78 bits per heavy atom. The highest BCUT2D eigenvalue weighted by Crippen LogP contribution is 2.05. The molecule has 0 saturated carbocycles. The van der Waals surface area contributed by atoms with Crippen LogP contribution in [-0.4, -0.2) is 27.9 Å². The minimum Gasteiger partial charge on any atom is -0.317 e. The summed E-state index contributed by atoms with van der Waals surface area (Å²) in [6, 6.07) is 0. The van der Waals surface area contributed by atoms with Gasteiger partial charge in [-0.2, -0.15) is 5.10 Å². The molecule has 0 unspecified atom stereocenters. The van der Waals surface area contributed by atoms with Crippen molar-refractivity contribution >= 4 is 0 Å². The van der Waals surface area contributed by atoms with E-state index in [0.29, 0.717) is 0 Å². The number of aromatic nitrogens is 3. The molecule has 0 aliphatic rings. The summed E-state index contributed by atoms with van der Waals surface area (Å²) in [5.41, 5.74) is 0. The molecule has 104 valence electrons. The first kappa shape index (κ1) is 15.2. The summed E-state index contributed by atoms with van der Waals surface area (Å²) in [7, 11) is 0. The highest BCUT2D eigenvalue weighted by Gasteiger charge is 2.06. The van der Waals surface area contributed by atoms with Crippen molar-refractivity contribution in [3.8, 4) is 0 Å². The zero-order valence-corrected chi connectivity index (χ0v) is 12.2. The number of nitrogens with zero attached hydrogens (tertiary/aromatic N) is 3. The van der Waals surface area contributed by atoms with Crippen molar-refractivity contribution in [3.05, 3.63) is 11.6 Å². The van der Waals surface area contributed by atoms with Crippen LogP contribution in [0.4, 0.5) is 0 Å². The van der Waals surface area contributed by atoms with Crippen molar-refractivity contribution in [1.29, 1.82) is 0 Å². The van der Waals surface area contributed by atoms with Gasteiger partial charge in [-0.05, 0) is 25.9 Å². The molecular weight excluding hydrogens is 224 g/mol. The Hall–Kier alpha value is -0.900. The van der Waals surface area contributed by atoms with Gasteiger partial charge in [0, 0.05) is 19.4 Å². The zero-order valence-electron chi connectivity index (χ0n) is 12.2. The first-order chi connectivity index (χ1) is 8.81. The second-order valence-electron chi connectivity index (χ2n) is 4.64. The number of aryl methyl sites for hydroxylation is 3. The molecule has 0 saturated heterocycles. The van der Waals surface area contributed by atoms with Gasteiger partial charge in [-0.1, -0.05) is 33.6 Å². The second kappa shape index (κ2) is 9.09. The highest BCUT2D eigenvalue weighted by molar-refractivity contribution is 4.92. The van der Waals surface area contributed by atoms with Gasteiger partial charge in [-0.3, -0.25) is 0 Å². The molecule has 1 rings (SSSR count). The second-order valence-corrected chi connectivity index (χ2v) is 4.64. The van der Waals surface area contributed by atoms with Crippen molar-refractivity contribution in [2.75, 3.05) is 13.1 Å². The van der Waals surface area contributed by atoms with Gasteiger partial charge in [0.25, 0.3) is 0 Å². The summed E-state index contributed by atoms with van der Waals surface area (Å²) in [4.78, 5) is 4.53. The summed E-state index contributed by atoms with van der Waals surface area (Å²) < 4.78 is 2.10. The van der Waals surface area contributed by atoms with E-state index in [2.05, 4.69) is 40.9 Å². The average molecular weight is 252 g/mol. The maximum Gasteiger partial charge on any atom is 0.150 e. The van der Waals surface area contributed by atoms with Crippen LogP contribution in [0.25, 0.3) is 0 Å². The number of nitrogens with one attached hydrogen (secondary N) is 1. The third-order valence-corrected chi connectivity index (χ3v) is 3.15. The molecule has 4 nitrogen and oxygen atoms in total. The lowest BCUT2D eigenvalue weighted by molar-refractivity contribution is 0.510. The smallest absolute Gasteiger partial charge is 0.150 e. The van der Waals surface area contributed by atoms with E-state index in [4.69, 9.17) is 0 Å². The molecule has 0 aliphatic carbocycles. The molecule has 0 aromatic carbocycles. The predicted molar refractivity (Wildman–Crippen MR) is 75.8 cm³/mol. The molecule has 4 heteroatoms. The van der Waals surface area contributed by atoms with Crippen LogP contribution in [0.3, 0.4) is 0 Å². The van der Waals surface area contributed by atoms with Gasteiger partial charge >= 0.3 is 0 Å². The maximum atomic E-state index is 4.54. The Balaban J connectivity index is 2.20. The number of hydrogen-bond acceptors (Lipinski definition) is 3. The van der Waals surface area contributed by atoms with Crippen molar-refractivity contribution in [3.63, 3.8) is 0 Å². The summed E-state index contributed by atoms with van der Waals surface area (Å²) >= 11 is 0. The standard InChI is InChI=1S/C14H28N4/c1-4-13-16-14(5-2)18(17-13)12-10-8-7-9-11-15-6-3/h15H,4-12H2,1-3H3.